The van der Waals surface area contributed by atoms with Gasteiger partial charge in [-0.05, 0) is 18.4 Å². The van der Waals surface area contributed by atoms with Crippen LogP contribution in [-0.2, 0) is 16.1 Å². The van der Waals surface area contributed by atoms with Crippen molar-refractivity contribution in [1.82, 2.24) is 4.90 Å². The SMILES string of the molecule is COC1CCN(C(=O)OCc2ccccc2)CC[C@@H]1O. The highest BCUT2D eigenvalue weighted by atomic mass is 16.6. The lowest BCUT2D eigenvalue weighted by atomic mass is 10.1. The molecule has 0 bridgehead atoms. The first-order valence-electron chi connectivity index (χ1n) is 6.87. The molecule has 1 aromatic rings. The maximum absolute atomic E-state index is 12.0. The minimum absolute atomic E-state index is 0.207. The molecular weight excluding hydrogens is 258 g/mol. The zero-order valence-electron chi connectivity index (χ0n) is 11.7. The van der Waals surface area contributed by atoms with Crippen LogP contribution in [0.3, 0.4) is 0 Å². The lowest BCUT2D eigenvalue weighted by Crippen LogP contribution is -2.32. The Balaban J connectivity index is 1.83. The molecule has 1 unspecified atom stereocenters. The number of benzene rings is 1. The first kappa shape index (κ1) is 14.8. The summed E-state index contributed by atoms with van der Waals surface area (Å²) in [5.41, 5.74) is 0.963. The van der Waals surface area contributed by atoms with E-state index in [0.717, 1.165) is 5.56 Å². The minimum Gasteiger partial charge on any atom is -0.445 e. The molecule has 110 valence electrons. The fraction of sp³-hybridized carbons (Fsp3) is 0.533. The van der Waals surface area contributed by atoms with Crippen LogP contribution in [0.1, 0.15) is 18.4 Å². The van der Waals surface area contributed by atoms with Crippen molar-refractivity contribution in [2.24, 2.45) is 0 Å². The number of likely N-dealkylation sites (tertiary alicyclic amines) is 1. The summed E-state index contributed by atoms with van der Waals surface area (Å²) in [6.45, 7) is 1.31. The largest absolute Gasteiger partial charge is 0.445 e. The van der Waals surface area contributed by atoms with E-state index in [0.29, 0.717) is 25.9 Å². The Kier molecular flexibility index (Phi) is 5.38. The maximum Gasteiger partial charge on any atom is 0.410 e. The highest BCUT2D eigenvalue weighted by molar-refractivity contribution is 5.67. The monoisotopic (exact) mass is 279 g/mol. The molecule has 0 saturated carbocycles. The van der Waals surface area contributed by atoms with E-state index < -0.39 is 6.10 Å². The lowest BCUT2D eigenvalue weighted by Gasteiger charge is -2.19. The number of rotatable bonds is 3. The Labute approximate surface area is 119 Å². The quantitative estimate of drug-likeness (QED) is 0.916. The van der Waals surface area contributed by atoms with Crippen molar-refractivity contribution in [2.45, 2.75) is 31.7 Å². The van der Waals surface area contributed by atoms with E-state index >= 15 is 0 Å². The van der Waals surface area contributed by atoms with E-state index in [2.05, 4.69) is 0 Å². The molecule has 5 heteroatoms. The van der Waals surface area contributed by atoms with E-state index in [4.69, 9.17) is 9.47 Å². The first-order valence-corrected chi connectivity index (χ1v) is 6.87. The van der Waals surface area contributed by atoms with Gasteiger partial charge in [0.1, 0.15) is 6.61 Å². The number of methoxy groups -OCH3 is 1. The second-order valence-electron chi connectivity index (χ2n) is 4.95. The smallest absolute Gasteiger partial charge is 0.410 e. The van der Waals surface area contributed by atoms with Crippen molar-refractivity contribution in [3.8, 4) is 0 Å². The number of nitrogens with zero attached hydrogens (tertiary/aromatic N) is 1. The standard InChI is InChI=1S/C15H21NO4/c1-19-14-8-10-16(9-7-13(14)17)15(18)20-11-12-5-3-2-4-6-12/h2-6,13-14,17H,7-11H2,1H3/t13-,14?/m0/s1. The van der Waals surface area contributed by atoms with Crippen LogP contribution in [0.4, 0.5) is 4.79 Å². The molecule has 1 amide bonds. The number of amides is 1. The first-order chi connectivity index (χ1) is 9.70. The highest BCUT2D eigenvalue weighted by Gasteiger charge is 2.27. The van der Waals surface area contributed by atoms with E-state index in [-0.39, 0.29) is 18.8 Å². The molecule has 0 spiro atoms. The summed E-state index contributed by atoms with van der Waals surface area (Å²) in [7, 11) is 1.58. The number of carbonyl (C=O) groups is 1. The second kappa shape index (κ2) is 7.26. The summed E-state index contributed by atoms with van der Waals surface area (Å²) in [5.74, 6) is 0. The normalized spacial score (nSPS) is 23.2. The highest BCUT2D eigenvalue weighted by Crippen LogP contribution is 2.15. The third kappa shape index (κ3) is 3.95. The van der Waals surface area contributed by atoms with Gasteiger partial charge in [-0.1, -0.05) is 30.3 Å². The van der Waals surface area contributed by atoms with Gasteiger partial charge in [0.25, 0.3) is 0 Å². The number of aliphatic hydroxyl groups is 1. The lowest BCUT2D eigenvalue weighted by molar-refractivity contribution is -0.0122. The molecular formula is C15H21NO4. The summed E-state index contributed by atoms with van der Waals surface area (Å²) in [5, 5.41) is 9.85. The van der Waals surface area contributed by atoms with Crippen LogP contribution < -0.4 is 0 Å². The molecule has 5 nitrogen and oxygen atoms in total. The van der Waals surface area contributed by atoms with Crippen LogP contribution in [0.5, 0.6) is 0 Å². The molecule has 0 radical (unpaired) electrons. The predicted molar refractivity (Wildman–Crippen MR) is 74.2 cm³/mol. The van der Waals surface area contributed by atoms with Gasteiger partial charge in [-0.25, -0.2) is 4.79 Å². The van der Waals surface area contributed by atoms with E-state index in [1.165, 1.54) is 0 Å². The average molecular weight is 279 g/mol. The Morgan fingerprint density at radius 3 is 2.70 bits per heavy atom. The number of hydrogen-bond donors (Lipinski definition) is 1. The number of aliphatic hydroxyl groups excluding tert-OH is 1. The molecule has 1 fully saturated rings. The topological polar surface area (TPSA) is 59.0 Å². The predicted octanol–water partition coefficient (Wildman–Crippen LogP) is 1.79. The Hall–Kier alpha value is -1.59. The van der Waals surface area contributed by atoms with Crippen molar-refractivity contribution in [3.05, 3.63) is 35.9 Å². The van der Waals surface area contributed by atoms with Gasteiger partial charge in [0, 0.05) is 20.2 Å². The van der Waals surface area contributed by atoms with E-state index in [9.17, 15) is 9.90 Å². The van der Waals surface area contributed by atoms with Gasteiger partial charge in [-0.2, -0.15) is 0 Å². The van der Waals surface area contributed by atoms with Crippen molar-refractivity contribution in [3.63, 3.8) is 0 Å². The molecule has 1 N–H and O–H groups in total. The fourth-order valence-electron chi connectivity index (χ4n) is 2.33. The summed E-state index contributed by atoms with van der Waals surface area (Å²) in [6.07, 6.45) is 0.0727. The van der Waals surface area contributed by atoms with Crippen LogP contribution in [0.2, 0.25) is 0 Å². The molecule has 2 atom stereocenters. The number of ether oxygens (including phenoxy) is 2. The number of carbonyl (C=O) groups excluding carboxylic acids is 1. The zero-order valence-corrected chi connectivity index (χ0v) is 11.7. The van der Waals surface area contributed by atoms with Crippen LogP contribution in [0, 0.1) is 0 Å². The van der Waals surface area contributed by atoms with E-state index in [1.807, 2.05) is 30.3 Å². The van der Waals surface area contributed by atoms with Gasteiger partial charge in [-0.3, -0.25) is 0 Å². The van der Waals surface area contributed by atoms with Gasteiger partial charge in [0.05, 0.1) is 12.2 Å². The average Bonchev–Trinajstić information content (AvgIpc) is 2.67. The van der Waals surface area contributed by atoms with Crippen LogP contribution in [-0.4, -0.2) is 48.5 Å². The van der Waals surface area contributed by atoms with E-state index in [1.54, 1.807) is 12.0 Å². The van der Waals surface area contributed by atoms with Crippen molar-refractivity contribution in [1.29, 1.82) is 0 Å². The summed E-state index contributed by atoms with van der Waals surface area (Å²) in [6, 6.07) is 9.58. The molecule has 2 rings (SSSR count). The number of hydrogen-bond acceptors (Lipinski definition) is 4. The van der Waals surface area contributed by atoms with Crippen LogP contribution >= 0.6 is 0 Å². The Bertz CT molecular complexity index is 423. The summed E-state index contributed by atoms with van der Waals surface area (Å²) >= 11 is 0. The molecule has 1 aliphatic heterocycles. The minimum atomic E-state index is -0.521. The van der Waals surface area contributed by atoms with Gasteiger partial charge < -0.3 is 19.5 Å². The van der Waals surface area contributed by atoms with Crippen molar-refractivity contribution >= 4 is 6.09 Å². The molecule has 1 saturated heterocycles. The molecule has 0 aliphatic carbocycles. The van der Waals surface area contributed by atoms with Crippen LogP contribution in [0.15, 0.2) is 30.3 Å². The summed E-state index contributed by atoms with van der Waals surface area (Å²) in [4.78, 5) is 13.6. The van der Waals surface area contributed by atoms with Gasteiger partial charge in [-0.15, -0.1) is 0 Å². The van der Waals surface area contributed by atoms with Gasteiger partial charge >= 0.3 is 6.09 Å². The maximum atomic E-state index is 12.0. The zero-order chi connectivity index (χ0) is 14.4. The second-order valence-corrected chi connectivity index (χ2v) is 4.95. The Morgan fingerprint density at radius 1 is 1.30 bits per heavy atom. The molecule has 20 heavy (non-hydrogen) atoms. The third-order valence-corrected chi connectivity index (χ3v) is 3.57. The Morgan fingerprint density at radius 2 is 2.00 bits per heavy atom. The molecule has 0 aromatic heterocycles. The van der Waals surface area contributed by atoms with Gasteiger partial charge in [0.2, 0.25) is 0 Å². The molecule has 1 aromatic carbocycles. The molecule has 1 aliphatic rings. The van der Waals surface area contributed by atoms with Crippen molar-refractivity contribution < 1.29 is 19.4 Å². The third-order valence-electron chi connectivity index (χ3n) is 3.57. The van der Waals surface area contributed by atoms with Gasteiger partial charge in [0.15, 0.2) is 0 Å². The van der Waals surface area contributed by atoms with Crippen LogP contribution in [0.25, 0.3) is 0 Å². The van der Waals surface area contributed by atoms with Crippen molar-refractivity contribution in [2.75, 3.05) is 20.2 Å². The fourth-order valence-corrected chi connectivity index (χ4v) is 2.33. The molecule has 1 heterocycles. The summed E-state index contributed by atoms with van der Waals surface area (Å²) < 4.78 is 10.5.